The smallest absolute Gasteiger partial charge is 0.309 e. The molecular weight excluding hydrogens is 533 g/mol. The Labute approximate surface area is 232 Å². The highest BCUT2D eigenvalue weighted by molar-refractivity contribution is 6.30. The molecule has 0 unspecified atom stereocenters. The first-order valence-electron chi connectivity index (χ1n) is 12.7. The van der Waals surface area contributed by atoms with Crippen molar-refractivity contribution in [3.05, 3.63) is 47.0 Å². The summed E-state index contributed by atoms with van der Waals surface area (Å²) >= 11 is 5.98. The fourth-order valence-corrected chi connectivity index (χ4v) is 4.22. The van der Waals surface area contributed by atoms with Gasteiger partial charge in [-0.05, 0) is 37.8 Å². The molecule has 0 N–H and O–H groups in total. The first-order chi connectivity index (χ1) is 18.5. The summed E-state index contributed by atoms with van der Waals surface area (Å²) in [5.74, 6) is -2.60. The van der Waals surface area contributed by atoms with Crippen molar-refractivity contribution in [1.82, 2.24) is 4.98 Å². The van der Waals surface area contributed by atoms with E-state index in [2.05, 4.69) is 4.98 Å². The molecule has 0 saturated carbocycles. The lowest BCUT2D eigenvalue weighted by Crippen LogP contribution is -2.40. The summed E-state index contributed by atoms with van der Waals surface area (Å²) in [7, 11) is 1.39. The molecule has 0 bridgehead atoms. The molecule has 39 heavy (non-hydrogen) atoms. The second-order valence-corrected chi connectivity index (χ2v) is 9.46. The van der Waals surface area contributed by atoms with E-state index in [1.54, 1.807) is 13.8 Å². The molecule has 0 spiro atoms. The minimum Gasteiger partial charge on any atom is -0.493 e. The van der Waals surface area contributed by atoms with Gasteiger partial charge in [-0.25, -0.2) is 9.37 Å². The van der Waals surface area contributed by atoms with E-state index in [0.717, 1.165) is 12.8 Å². The molecule has 1 aromatic carbocycles. The fourth-order valence-electron chi connectivity index (χ4n) is 4.01. The summed E-state index contributed by atoms with van der Waals surface area (Å²) in [5.41, 5.74) is -0.0737. The Balaban J connectivity index is 2.15. The SMILES string of the molecule is CCC(CC)[C@@H](Oc1cc(F)cc(Cl)c1)[C@H](C)OC(=O)[C@H](C)CC(=O)c1nccc(OC)c1OCOC(C)=O. The van der Waals surface area contributed by atoms with Gasteiger partial charge >= 0.3 is 11.9 Å². The van der Waals surface area contributed by atoms with E-state index in [0.29, 0.717) is 0 Å². The zero-order valence-corrected chi connectivity index (χ0v) is 23.7. The second kappa shape index (κ2) is 15.3. The number of methoxy groups -OCH3 is 1. The lowest BCUT2D eigenvalue weighted by Gasteiger charge is -2.31. The van der Waals surface area contributed by atoms with Gasteiger partial charge in [-0.1, -0.05) is 32.4 Å². The van der Waals surface area contributed by atoms with Gasteiger partial charge in [0, 0.05) is 36.7 Å². The Hall–Kier alpha value is -3.40. The predicted molar refractivity (Wildman–Crippen MR) is 142 cm³/mol. The lowest BCUT2D eigenvalue weighted by atomic mass is 9.92. The summed E-state index contributed by atoms with van der Waals surface area (Å²) < 4.78 is 41.1. The van der Waals surface area contributed by atoms with Gasteiger partial charge in [0.2, 0.25) is 6.79 Å². The van der Waals surface area contributed by atoms with Crippen LogP contribution in [0.1, 0.15) is 64.4 Å². The maximum atomic E-state index is 13.9. The topological polar surface area (TPSA) is 110 Å². The van der Waals surface area contributed by atoms with Crippen molar-refractivity contribution in [1.29, 1.82) is 0 Å². The zero-order valence-electron chi connectivity index (χ0n) is 23.0. The molecule has 3 atom stereocenters. The molecule has 2 rings (SSSR count). The Morgan fingerprint density at radius 3 is 2.38 bits per heavy atom. The molecule has 0 aliphatic rings. The third kappa shape index (κ3) is 9.38. The van der Waals surface area contributed by atoms with E-state index < -0.39 is 48.5 Å². The van der Waals surface area contributed by atoms with E-state index in [1.165, 1.54) is 44.5 Å². The van der Waals surface area contributed by atoms with Crippen molar-refractivity contribution in [3.8, 4) is 17.2 Å². The van der Waals surface area contributed by atoms with Crippen LogP contribution in [0.2, 0.25) is 5.02 Å². The van der Waals surface area contributed by atoms with E-state index in [9.17, 15) is 18.8 Å². The minimum absolute atomic E-state index is 0.00358. The van der Waals surface area contributed by atoms with Crippen LogP contribution < -0.4 is 14.2 Å². The molecule has 0 radical (unpaired) electrons. The van der Waals surface area contributed by atoms with Crippen molar-refractivity contribution in [3.63, 3.8) is 0 Å². The average Bonchev–Trinajstić information content (AvgIpc) is 2.87. The number of rotatable bonds is 15. The van der Waals surface area contributed by atoms with Crippen molar-refractivity contribution >= 4 is 29.3 Å². The third-order valence-electron chi connectivity index (χ3n) is 6.10. The van der Waals surface area contributed by atoms with Crippen LogP contribution in [0.25, 0.3) is 0 Å². The number of Topliss-reactive ketones (excluding diaryl/α,β-unsaturated/α-hetero) is 1. The average molecular weight is 568 g/mol. The van der Waals surface area contributed by atoms with Gasteiger partial charge in [0.15, 0.2) is 23.0 Å². The first-order valence-corrected chi connectivity index (χ1v) is 13.0. The number of pyridine rings is 1. The van der Waals surface area contributed by atoms with Gasteiger partial charge in [0.05, 0.1) is 13.0 Å². The van der Waals surface area contributed by atoms with Crippen LogP contribution in [0.3, 0.4) is 0 Å². The van der Waals surface area contributed by atoms with Crippen LogP contribution >= 0.6 is 11.6 Å². The van der Waals surface area contributed by atoms with Crippen LogP contribution in [0, 0.1) is 17.7 Å². The minimum atomic E-state index is -0.833. The van der Waals surface area contributed by atoms with Crippen LogP contribution in [0.4, 0.5) is 4.39 Å². The highest BCUT2D eigenvalue weighted by atomic mass is 35.5. The van der Waals surface area contributed by atoms with Gasteiger partial charge in [-0.15, -0.1) is 0 Å². The zero-order chi connectivity index (χ0) is 29.1. The number of carbonyl (C=O) groups is 3. The molecule has 1 aromatic heterocycles. The number of benzene rings is 1. The molecular formula is C28H35ClFNO8. The Morgan fingerprint density at radius 1 is 1.10 bits per heavy atom. The Morgan fingerprint density at radius 2 is 1.79 bits per heavy atom. The van der Waals surface area contributed by atoms with Crippen molar-refractivity contribution in [2.45, 2.75) is 66.1 Å². The highest BCUT2D eigenvalue weighted by Crippen LogP contribution is 2.32. The largest absolute Gasteiger partial charge is 0.493 e. The molecule has 1 heterocycles. The molecule has 11 heteroatoms. The number of carbonyl (C=O) groups excluding carboxylic acids is 3. The van der Waals surface area contributed by atoms with Crippen molar-refractivity contribution in [2.24, 2.45) is 11.8 Å². The van der Waals surface area contributed by atoms with E-state index in [4.69, 9.17) is 35.3 Å². The normalized spacial score (nSPS) is 13.3. The number of esters is 2. The Bertz CT molecular complexity index is 1120. The standard InChI is InChI=1S/C28H35ClFNO8/c1-7-19(8-2)26(39-22-13-20(29)12-21(30)14-22)17(4)38-28(34)16(3)11-23(33)25-27(37-15-36-18(5)32)24(35-6)9-10-31-25/h9-10,12-14,16-17,19,26H,7-8,11,15H2,1-6H3/t16-,17+,26+/m1/s1. The van der Waals surface area contributed by atoms with Gasteiger partial charge < -0.3 is 23.7 Å². The van der Waals surface area contributed by atoms with Crippen LogP contribution in [0.15, 0.2) is 30.5 Å². The summed E-state index contributed by atoms with van der Waals surface area (Å²) in [6.07, 6.45) is 1.32. The quantitative estimate of drug-likeness (QED) is 0.150. The number of halogens is 2. The molecule has 0 fully saturated rings. The summed E-state index contributed by atoms with van der Waals surface area (Å²) in [6.45, 7) is 8.01. The van der Waals surface area contributed by atoms with Crippen LogP contribution in [-0.4, -0.2) is 48.8 Å². The number of ketones is 1. The summed E-state index contributed by atoms with van der Waals surface area (Å²) in [4.78, 5) is 41.2. The number of nitrogens with zero attached hydrogens (tertiary/aromatic N) is 1. The number of hydrogen-bond acceptors (Lipinski definition) is 9. The molecule has 9 nitrogen and oxygen atoms in total. The predicted octanol–water partition coefficient (Wildman–Crippen LogP) is 5.81. The van der Waals surface area contributed by atoms with Gasteiger partial charge in [0.1, 0.15) is 23.8 Å². The van der Waals surface area contributed by atoms with Gasteiger partial charge in [0.25, 0.3) is 0 Å². The third-order valence-corrected chi connectivity index (χ3v) is 6.32. The summed E-state index contributed by atoms with van der Waals surface area (Å²) in [6, 6.07) is 5.38. The van der Waals surface area contributed by atoms with E-state index >= 15 is 0 Å². The Kier molecular flexibility index (Phi) is 12.4. The van der Waals surface area contributed by atoms with Crippen molar-refractivity contribution in [2.75, 3.05) is 13.9 Å². The van der Waals surface area contributed by atoms with E-state index in [1.807, 2.05) is 13.8 Å². The molecule has 0 amide bonds. The summed E-state index contributed by atoms with van der Waals surface area (Å²) in [5, 5.41) is 0.187. The van der Waals surface area contributed by atoms with Gasteiger partial charge in [-0.2, -0.15) is 0 Å². The van der Waals surface area contributed by atoms with Crippen LogP contribution in [0.5, 0.6) is 17.2 Å². The molecule has 0 saturated heterocycles. The molecule has 0 aliphatic heterocycles. The number of aromatic nitrogens is 1. The number of ether oxygens (including phenoxy) is 5. The monoisotopic (exact) mass is 567 g/mol. The second-order valence-electron chi connectivity index (χ2n) is 9.02. The molecule has 0 aliphatic carbocycles. The van der Waals surface area contributed by atoms with E-state index in [-0.39, 0.29) is 40.3 Å². The first kappa shape index (κ1) is 31.8. The lowest BCUT2D eigenvalue weighted by molar-refractivity contribution is -0.159. The molecule has 2 aromatic rings. The number of hydrogen-bond donors (Lipinski definition) is 0. The van der Waals surface area contributed by atoms with Crippen molar-refractivity contribution < 1.29 is 42.5 Å². The van der Waals surface area contributed by atoms with Gasteiger partial charge in [-0.3, -0.25) is 14.4 Å². The molecule has 214 valence electrons. The fraction of sp³-hybridized carbons (Fsp3) is 0.500. The maximum absolute atomic E-state index is 13.9. The highest BCUT2D eigenvalue weighted by Gasteiger charge is 2.32. The van der Waals surface area contributed by atoms with Crippen LogP contribution in [-0.2, 0) is 19.1 Å². The maximum Gasteiger partial charge on any atom is 0.309 e.